The maximum atomic E-state index is 13.0. The van der Waals surface area contributed by atoms with E-state index >= 15 is 0 Å². The number of carbonyl (C=O) groups excluding carboxylic acids is 1. The Kier molecular flexibility index (Phi) is 5.31. The number of hydrogen-bond acceptors (Lipinski definition) is 3. The van der Waals surface area contributed by atoms with Crippen LogP contribution in [0.1, 0.15) is 50.7 Å². The average molecular weight is 408 g/mol. The highest BCUT2D eigenvalue weighted by Crippen LogP contribution is 2.44. The van der Waals surface area contributed by atoms with Crippen molar-refractivity contribution >= 4 is 12.1 Å². The Balaban J connectivity index is 1.53. The number of carboxylic acid groups (broad SMARTS) is 1. The molecule has 2 aliphatic rings. The number of fused-ring (bicyclic) bond motifs is 3. The van der Waals surface area contributed by atoms with E-state index in [1.165, 1.54) is 16.0 Å². The molecule has 0 saturated carbocycles. The van der Waals surface area contributed by atoms with Gasteiger partial charge in [-0.1, -0.05) is 69.3 Å². The minimum absolute atomic E-state index is 0.00529. The highest BCUT2D eigenvalue weighted by molar-refractivity contribution is 5.81. The summed E-state index contributed by atoms with van der Waals surface area (Å²) in [6, 6.07) is 15.5. The van der Waals surface area contributed by atoms with E-state index in [4.69, 9.17) is 4.74 Å². The Hall–Kier alpha value is -2.82. The summed E-state index contributed by atoms with van der Waals surface area (Å²) in [7, 11) is 0. The Bertz CT molecular complexity index is 916. The van der Waals surface area contributed by atoms with Crippen molar-refractivity contribution in [3.05, 3.63) is 59.7 Å². The number of rotatable bonds is 3. The number of ether oxygens (including phenoxy) is 1. The summed E-state index contributed by atoms with van der Waals surface area (Å²) in [6.07, 6.45) is 0.730. The maximum absolute atomic E-state index is 13.0. The summed E-state index contributed by atoms with van der Waals surface area (Å²) < 4.78 is 5.74. The van der Waals surface area contributed by atoms with Gasteiger partial charge in [-0.15, -0.1) is 0 Å². The molecule has 1 saturated heterocycles. The molecule has 5 heteroatoms. The molecule has 1 aliphatic carbocycles. The molecule has 4 rings (SSSR count). The quantitative estimate of drug-likeness (QED) is 0.764. The molecule has 1 fully saturated rings. The number of hydrogen-bond donors (Lipinski definition) is 1. The Morgan fingerprint density at radius 3 is 2.10 bits per heavy atom. The van der Waals surface area contributed by atoms with Crippen molar-refractivity contribution in [3.63, 3.8) is 0 Å². The lowest BCUT2D eigenvalue weighted by Gasteiger charge is -2.42. The summed E-state index contributed by atoms with van der Waals surface area (Å²) in [4.78, 5) is 26.2. The molecule has 158 valence electrons. The van der Waals surface area contributed by atoms with E-state index in [1.54, 1.807) is 0 Å². The van der Waals surface area contributed by atoms with Crippen LogP contribution in [0.5, 0.6) is 0 Å². The van der Waals surface area contributed by atoms with E-state index in [-0.39, 0.29) is 23.9 Å². The summed E-state index contributed by atoms with van der Waals surface area (Å²) in [5, 5.41) is 9.64. The Labute approximate surface area is 177 Å². The summed E-state index contributed by atoms with van der Waals surface area (Å²) >= 11 is 0. The average Bonchev–Trinajstić information content (AvgIpc) is 3.04. The molecule has 0 radical (unpaired) electrons. The van der Waals surface area contributed by atoms with E-state index in [1.807, 2.05) is 24.3 Å². The van der Waals surface area contributed by atoms with E-state index in [9.17, 15) is 14.7 Å². The minimum atomic E-state index is -0.962. The topological polar surface area (TPSA) is 66.8 Å². The monoisotopic (exact) mass is 407 g/mol. The Morgan fingerprint density at radius 1 is 1.00 bits per heavy atom. The molecule has 2 atom stereocenters. The van der Waals surface area contributed by atoms with Crippen LogP contribution in [0.4, 0.5) is 4.79 Å². The zero-order valence-electron chi connectivity index (χ0n) is 17.8. The van der Waals surface area contributed by atoms with Crippen LogP contribution in [0.25, 0.3) is 11.1 Å². The van der Waals surface area contributed by atoms with Gasteiger partial charge in [0.2, 0.25) is 0 Å². The maximum Gasteiger partial charge on any atom is 0.410 e. The van der Waals surface area contributed by atoms with Crippen LogP contribution in [0.3, 0.4) is 0 Å². The first-order chi connectivity index (χ1) is 14.3. The van der Waals surface area contributed by atoms with Crippen molar-refractivity contribution < 1.29 is 19.4 Å². The van der Waals surface area contributed by atoms with Crippen molar-refractivity contribution in [1.29, 1.82) is 0 Å². The van der Waals surface area contributed by atoms with E-state index in [2.05, 4.69) is 45.0 Å². The second kappa shape index (κ2) is 7.78. The molecule has 2 aromatic rings. The summed E-state index contributed by atoms with van der Waals surface area (Å²) in [6.45, 7) is 7.02. The third-order valence-corrected chi connectivity index (χ3v) is 6.66. The molecular formula is C25H29NO4. The molecule has 0 aromatic heterocycles. The standard InChI is InChI=1S/C25H29NO4/c1-25(2,3)16-12-13-22(23(27)28)26(14-16)24(29)30-15-21-19-10-6-4-8-17(19)18-9-5-7-11-20(18)21/h4-11,16,21-22H,12-15H2,1-3H3,(H,27,28). The number of amides is 1. The normalized spacial score (nSPS) is 21.1. The zero-order valence-corrected chi connectivity index (χ0v) is 17.8. The molecule has 0 spiro atoms. The number of nitrogens with zero attached hydrogens (tertiary/aromatic N) is 1. The predicted molar refractivity (Wildman–Crippen MR) is 115 cm³/mol. The zero-order chi connectivity index (χ0) is 21.5. The molecule has 30 heavy (non-hydrogen) atoms. The van der Waals surface area contributed by atoms with Crippen LogP contribution in [-0.4, -0.2) is 41.3 Å². The molecule has 1 amide bonds. The fourth-order valence-corrected chi connectivity index (χ4v) is 4.81. The molecule has 0 bridgehead atoms. The molecule has 2 aromatic carbocycles. The lowest BCUT2D eigenvalue weighted by Crippen LogP contribution is -2.53. The molecule has 1 N–H and O–H groups in total. The van der Waals surface area contributed by atoms with E-state index < -0.39 is 18.1 Å². The number of carbonyl (C=O) groups is 2. The smallest absolute Gasteiger partial charge is 0.410 e. The molecule has 1 heterocycles. The van der Waals surface area contributed by atoms with Gasteiger partial charge in [-0.25, -0.2) is 9.59 Å². The second-order valence-corrected chi connectivity index (χ2v) is 9.45. The third-order valence-electron chi connectivity index (χ3n) is 6.66. The summed E-state index contributed by atoms with van der Waals surface area (Å²) in [5.74, 6) is -0.753. The number of carboxylic acids is 1. The summed E-state index contributed by atoms with van der Waals surface area (Å²) in [5.41, 5.74) is 4.64. The first-order valence-electron chi connectivity index (χ1n) is 10.6. The van der Waals surface area contributed by atoms with Crippen LogP contribution in [0.2, 0.25) is 0 Å². The highest BCUT2D eigenvalue weighted by atomic mass is 16.6. The lowest BCUT2D eigenvalue weighted by molar-refractivity contribution is -0.145. The number of benzene rings is 2. The van der Waals surface area contributed by atoms with Gasteiger partial charge in [0.1, 0.15) is 12.6 Å². The van der Waals surface area contributed by atoms with Gasteiger partial charge in [0.05, 0.1) is 0 Å². The lowest BCUT2D eigenvalue weighted by atomic mass is 9.75. The van der Waals surface area contributed by atoms with Gasteiger partial charge >= 0.3 is 12.1 Å². The third kappa shape index (κ3) is 3.69. The molecule has 5 nitrogen and oxygen atoms in total. The number of piperidine rings is 1. The van der Waals surface area contributed by atoms with Gasteiger partial charge < -0.3 is 9.84 Å². The van der Waals surface area contributed by atoms with E-state index in [0.29, 0.717) is 13.0 Å². The molecular weight excluding hydrogens is 378 g/mol. The van der Waals surface area contributed by atoms with Gasteiger partial charge in [0.15, 0.2) is 0 Å². The molecule has 2 unspecified atom stereocenters. The first-order valence-corrected chi connectivity index (χ1v) is 10.6. The van der Waals surface area contributed by atoms with Gasteiger partial charge in [0, 0.05) is 12.5 Å². The van der Waals surface area contributed by atoms with Crippen molar-refractivity contribution in [3.8, 4) is 11.1 Å². The van der Waals surface area contributed by atoms with Crippen molar-refractivity contribution in [1.82, 2.24) is 4.90 Å². The van der Waals surface area contributed by atoms with Crippen LogP contribution in [-0.2, 0) is 9.53 Å². The first kappa shape index (κ1) is 20.5. The van der Waals surface area contributed by atoms with Gasteiger partial charge in [-0.3, -0.25) is 4.90 Å². The fourth-order valence-electron chi connectivity index (χ4n) is 4.81. The minimum Gasteiger partial charge on any atom is -0.480 e. The van der Waals surface area contributed by atoms with Crippen LogP contribution < -0.4 is 0 Å². The van der Waals surface area contributed by atoms with Gasteiger partial charge in [-0.05, 0) is 46.4 Å². The predicted octanol–water partition coefficient (Wildman–Crippen LogP) is 5.15. The Morgan fingerprint density at radius 2 is 1.57 bits per heavy atom. The van der Waals surface area contributed by atoms with Crippen LogP contribution in [0.15, 0.2) is 48.5 Å². The number of likely N-dealkylation sites (tertiary alicyclic amines) is 1. The van der Waals surface area contributed by atoms with E-state index in [0.717, 1.165) is 17.5 Å². The van der Waals surface area contributed by atoms with Crippen molar-refractivity contribution in [2.24, 2.45) is 11.3 Å². The fraction of sp³-hybridized carbons (Fsp3) is 0.440. The van der Waals surface area contributed by atoms with Crippen LogP contribution >= 0.6 is 0 Å². The SMILES string of the molecule is CC(C)(C)C1CCC(C(=O)O)N(C(=O)OCC2c3ccccc3-c3ccccc32)C1. The molecule has 1 aliphatic heterocycles. The number of aliphatic carboxylic acids is 1. The van der Waals surface area contributed by atoms with Gasteiger partial charge in [0.25, 0.3) is 0 Å². The van der Waals surface area contributed by atoms with Gasteiger partial charge in [-0.2, -0.15) is 0 Å². The highest BCUT2D eigenvalue weighted by Gasteiger charge is 2.41. The second-order valence-electron chi connectivity index (χ2n) is 9.45. The van der Waals surface area contributed by atoms with Crippen molar-refractivity contribution in [2.45, 2.75) is 45.6 Å². The largest absolute Gasteiger partial charge is 0.480 e. The van der Waals surface area contributed by atoms with Crippen LogP contribution in [0, 0.1) is 11.3 Å². The van der Waals surface area contributed by atoms with Crippen molar-refractivity contribution in [2.75, 3.05) is 13.2 Å².